The number of carbonyl (C=O) groups is 2. The zero-order valence-electron chi connectivity index (χ0n) is 18.7. The third-order valence-corrected chi connectivity index (χ3v) is 6.77. The number of halogens is 1. The van der Waals surface area contributed by atoms with Crippen LogP contribution in [0.3, 0.4) is 0 Å². The molecule has 33 heavy (non-hydrogen) atoms. The van der Waals surface area contributed by atoms with Crippen LogP contribution in [0.1, 0.15) is 49.1 Å². The lowest BCUT2D eigenvalue weighted by Gasteiger charge is -2.35. The molecule has 1 amide bonds. The van der Waals surface area contributed by atoms with Crippen LogP contribution < -0.4 is 19.5 Å². The van der Waals surface area contributed by atoms with Gasteiger partial charge in [-0.2, -0.15) is 0 Å². The first-order valence-corrected chi connectivity index (χ1v) is 11.6. The second kappa shape index (κ2) is 9.47. The van der Waals surface area contributed by atoms with Crippen molar-refractivity contribution in [3.05, 3.63) is 57.2 Å². The molecule has 2 aliphatic rings. The Bertz CT molecular complexity index is 1140. The fourth-order valence-electron chi connectivity index (χ4n) is 4.68. The predicted octanol–water partition coefficient (Wildman–Crippen LogP) is 4.57. The van der Waals surface area contributed by atoms with Crippen molar-refractivity contribution in [2.24, 2.45) is 0 Å². The number of amides is 1. The number of rotatable bonds is 6. The Morgan fingerprint density at radius 2 is 1.85 bits per heavy atom. The van der Waals surface area contributed by atoms with Gasteiger partial charge in [0.15, 0.2) is 17.3 Å². The van der Waals surface area contributed by atoms with E-state index in [2.05, 4.69) is 21.2 Å². The number of Topliss-reactive ketones (excluding diaryl/α,β-unsaturated/α-hetero) is 1. The standard InChI is InChI=1S/C25H26BrNO6/c1-4-33-22-10-13(7-18(26)25(22)30)17-12-23(29)27-19-8-14(9-20(28)24(17)19)16-11-15(31-2)5-6-21(16)32-3/h5-7,10-11,14,17,30H,4,8-9,12H2,1-3H3,(H,27,29)/t14-,17-/m0/s1. The van der Waals surface area contributed by atoms with Gasteiger partial charge in [-0.25, -0.2) is 0 Å². The normalized spacial score (nSPS) is 20.2. The highest BCUT2D eigenvalue weighted by Gasteiger charge is 2.39. The quantitative estimate of drug-likeness (QED) is 0.584. The average Bonchev–Trinajstić information content (AvgIpc) is 2.80. The van der Waals surface area contributed by atoms with Crippen LogP contribution in [0.5, 0.6) is 23.0 Å². The van der Waals surface area contributed by atoms with Gasteiger partial charge in [0, 0.05) is 41.5 Å². The summed E-state index contributed by atoms with van der Waals surface area (Å²) in [6.07, 6.45) is 0.956. The van der Waals surface area contributed by atoms with Gasteiger partial charge in [0.2, 0.25) is 5.91 Å². The number of phenols is 1. The minimum atomic E-state index is -0.412. The lowest BCUT2D eigenvalue weighted by atomic mass is 9.73. The molecule has 8 heteroatoms. The lowest BCUT2D eigenvalue weighted by Crippen LogP contribution is -2.38. The maximum Gasteiger partial charge on any atom is 0.225 e. The minimum Gasteiger partial charge on any atom is -0.503 e. The van der Waals surface area contributed by atoms with E-state index in [-0.39, 0.29) is 29.8 Å². The third-order valence-electron chi connectivity index (χ3n) is 6.17. The highest BCUT2D eigenvalue weighted by atomic mass is 79.9. The summed E-state index contributed by atoms with van der Waals surface area (Å²) < 4.78 is 16.9. The number of hydrogen-bond acceptors (Lipinski definition) is 6. The topological polar surface area (TPSA) is 94.1 Å². The molecule has 0 spiro atoms. The molecule has 0 radical (unpaired) electrons. The molecular formula is C25H26BrNO6. The van der Waals surface area contributed by atoms with Gasteiger partial charge in [0.1, 0.15) is 11.5 Å². The van der Waals surface area contributed by atoms with E-state index in [1.807, 2.05) is 25.1 Å². The maximum atomic E-state index is 13.4. The van der Waals surface area contributed by atoms with E-state index < -0.39 is 5.92 Å². The number of phenolic OH excluding ortho intramolecular Hbond substituents is 1. The van der Waals surface area contributed by atoms with Crippen LogP contribution in [0.4, 0.5) is 0 Å². The van der Waals surface area contributed by atoms with Crippen LogP contribution >= 0.6 is 15.9 Å². The molecule has 0 fully saturated rings. The summed E-state index contributed by atoms with van der Waals surface area (Å²) in [6.45, 7) is 2.21. The van der Waals surface area contributed by atoms with Gasteiger partial charge < -0.3 is 24.6 Å². The first-order chi connectivity index (χ1) is 15.9. The molecule has 1 aliphatic carbocycles. The van der Waals surface area contributed by atoms with Crippen molar-refractivity contribution >= 4 is 27.6 Å². The predicted molar refractivity (Wildman–Crippen MR) is 126 cm³/mol. The van der Waals surface area contributed by atoms with Gasteiger partial charge in [-0.15, -0.1) is 0 Å². The summed E-state index contributed by atoms with van der Waals surface area (Å²) >= 11 is 3.36. The highest BCUT2D eigenvalue weighted by Crippen LogP contribution is 2.47. The zero-order valence-corrected chi connectivity index (χ0v) is 20.3. The van der Waals surface area contributed by atoms with Gasteiger partial charge >= 0.3 is 0 Å². The SMILES string of the molecule is CCOc1cc([C@@H]2CC(=O)NC3=C2C(=O)C[C@@H](c2cc(OC)ccc2OC)C3)cc(Br)c1O. The van der Waals surface area contributed by atoms with E-state index in [4.69, 9.17) is 14.2 Å². The molecule has 4 rings (SSSR count). The van der Waals surface area contributed by atoms with Crippen LogP contribution in [-0.4, -0.2) is 37.6 Å². The number of allylic oxidation sites excluding steroid dienone is 2. The van der Waals surface area contributed by atoms with Crippen molar-refractivity contribution in [1.29, 1.82) is 0 Å². The summed E-state index contributed by atoms with van der Waals surface area (Å²) in [6, 6.07) is 8.98. The molecular weight excluding hydrogens is 490 g/mol. The van der Waals surface area contributed by atoms with E-state index >= 15 is 0 Å². The number of ether oxygens (including phenoxy) is 3. The molecule has 1 aliphatic heterocycles. The molecule has 0 bridgehead atoms. The molecule has 1 heterocycles. The number of hydrogen-bond donors (Lipinski definition) is 2. The average molecular weight is 516 g/mol. The Hall–Kier alpha value is -3.00. The maximum absolute atomic E-state index is 13.4. The van der Waals surface area contributed by atoms with Crippen molar-refractivity contribution in [2.75, 3.05) is 20.8 Å². The lowest BCUT2D eigenvalue weighted by molar-refractivity contribution is -0.122. The van der Waals surface area contributed by atoms with Gasteiger partial charge in [0.25, 0.3) is 0 Å². The first-order valence-electron chi connectivity index (χ1n) is 10.8. The summed E-state index contributed by atoms with van der Waals surface area (Å²) in [5.41, 5.74) is 2.88. The first kappa shape index (κ1) is 23.2. The third kappa shape index (κ3) is 4.44. The van der Waals surface area contributed by atoms with Crippen molar-refractivity contribution < 1.29 is 28.9 Å². The summed E-state index contributed by atoms with van der Waals surface area (Å²) in [4.78, 5) is 26.1. The Balaban J connectivity index is 1.75. The monoisotopic (exact) mass is 515 g/mol. The van der Waals surface area contributed by atoms with E-state index in [0.717, 1.165) is 11.1 Å². The van der Waals surface area contributed by atoms with Gasteiger partial charge in [-0.1, -0.05) is 0 Å². The number of nitrogens with one attached hydrogen (secondary N) is 1. The van der Waals surface area contributed by atoms with Crippen molar-refractivity contribution in [3.8, 4) is 23.0 Å². The second-order valence-electron chi connectivity index (χ2n) is 8.12. The molecule has 2 aromatic carbocycles. The number of carbonyl (C=O) groups excluding carboxylic acids is 2. The molecule has 0 saturated heterocycles. The summed E-state index contributed by atoms with van der Waals surface area (Å²) in [5, 5.41) is 13.2. The molecule has 2 aromatic rings. The highest BCUT2D eigenvalue weighted by molar-refractivity contribution is 9.10. The van der Waals surface area contributed by atoms with E-state index in [1.165, 1.54) is 0 Å². The molecule has 174 valence electrons. The Kier molecular flexibility index (Phi) is 6.65. The zero-order chi connectivity index (χ0) is 23.7. The van der Waals surface area contributed by atoms with Crippen molar-refractivity contribution in [2.45, 2.75) is 38.0 Å². The molecule has 0 saturated carbocycles. The number of aromatic hydroxyl groups is 1. The Labute approximate surface area is 200 Å². The molecule has 0 aromatic heterocycles. The molecule has 2 atom stereocenters. The van der Waals surface area contributed by atoms with E-state index in [9.17, 15) is 14.7 Å². The summed E-state index contributed by atoms with van der Waals surface area (Å²) in [7, 11) is 3.19. The Morgan fingerprint density at radius 1 is 1.06 bits per heavy atom. The number of methoxy groups -OCH3 is 2. The minimum absolute atomic E-state index is 0.00443. The van der Waals surface area contributed by atoms with E-state index in [0.29, 0.717) is 52.4 Å². The van der Waals surface area contributed by atoms with Crippen LogP contribution in [-0.2, 0) is 9.59 Å². The van der Waals surface area contributed by atoms with Crippen molar-refractivity contribution in [1.82, 2.24) is 5.32 Å². The van der Waals surface area contributed by atoms with Gasteiger partial charge in [0.05, 0.1) is 25.3 Å². The number of ketones is 1. The van der Waals surface area contributed by atoms with Crippen molar-refractivity contribution in [3.63, 3.8) is 0 Å². The smallest absolute Gasteiger partial charge is 0.225 e. The summed E-state index contributed by atoms with van der Waals surface area (Å²) in [5.74, 6) is 0.954. The van der Waals surface area contributed by atoms with E-state index in [1.54, 1.807) is 26.4 Å². The molecule has 0 unspecified atom stereocenters. The van der Waals surface area contributed by atoms with Gasteiger partial charge in [-0.05, 0) is 65.2 Å². The number of benzene rings is 2. The van der Waals surface area contributed by atoms with Crippen LogP contribution in [0.25, 0.3) is 0 Å². The molecule has 7 nitrogen and oxygen atoms in total. The fraction of sp³-hybridized carbons (Fsp3) is 0.360. The second-order valence-corrected chi connectivity index (χ2v) is 8.97. The largest absolute Gasteiger partial charge is 0.503 e. The van der Waals surface area contributed by atoms with Crippen LogP contribution in [0.15, 0.2) is 46.1 Å². The van der Waals surface area contributed by atoms with Gasteiger partial charge in [-0.3, -0.25) is 9.59 Å². The fourth-order valence-corrected chi connectivity index (χ4v) is 5.14. The Morgan fingerprint density at radius 3 is 2.55 bits per heavy atom. The van der Waals surface area contributed by atoms with Crippen LogP contribution in [0.2, 0.25) is 0 Å². The van der Waals surface area contributed by atoms with Crippen LogP contribution in [0, 0.1) is 0 Å². The molecule has 2 N–H and O–H groups in total.